The number of nitrogens with zero attached hydrogens (tertiary/aromatic N) is 5. The van der Waals surface area contributed by atoms with Gasteiger partial charge in [-0.15, -0.1) is 10.2 Å². The molecule has 0 bridgehead atoms. The SMILES string of the molecule is COCCNC(=S)NC[C@H]1CN(c2ccc(-c3nnc4ncccn34)cc2)C(=O)O1. The van der Waals surface area contributed by atoms with E-state index in [0.717, 1.165) is 11.3 Å². The van der Waals surface area contributed by atoms with Crippen LogP contribution in [0.25, 0.3) is 17.2 Å². The summed E-state index contributed by atoms with van der Waals surface area (Å²) < 4.78 is 12.2. The van der Waals surface area contributed by atoms with E-state index in [0.29, 0.717) is 43.0 Å². The molecule has 3 aromatic rings. The Morgan fingerprint density at radius 1 is 1.30 bits per heavy atom. The molecule has 3 heterocycles. The minimum absolute atomic E-state index is 0.300. The van der Waals surface area contributed by atoms with Gasteiger partial charge in [0.25, 0.3) is 5.78 Å². The highest BCUT2D eigenvalue weighted by molar-refractivity contribution is 7.80. The van der Waals surface area contributed by atoms with Gasteiger partial charge in [-0.2, -0.15) is 0 Å². The summed E-state index contributed by atoms with van der Waals surface area (Å²) in [7, 11) is 1.63. The Morgan fingerprint density at radius 2 is 2.13 bits per heavy atom. The number of thiocarbonyl (C=S) groups is 1. The van der Waals surface area contributed by atoms with Crippen molar-refractivity contribution in [2.45, 2.75) is 6.10 Å². The molecule has 30 heavy (non-hydrogen) atoms. The molecule has 0 radical (unpaired) electrons. The van der Waals surface area contributed by atoms with Gasteiger partial charge >= 0.3 is 6.09 Å². The summed E-state index contributed by atoms with van der Waals surface area (Å²) in [6, 6.07) is 9.34. The van der Waals surface area contributed by atoms with Gasteiger partial charge in [0, 0.05) is 37.3 Å². The summed E-state index contributed by atoms with van der Waals surface area (Å²) in [6.45, 7) is 2.04. The summed E-state index contributed by atoms with van der Waals surface area (Å²) in [5.74, 6) is 1.22. The van der Waals surface area contributed by atoms with Crippen molar-refractivity contribution in [1.29, 1.82) is 0 Å². The third-order valence-corrected chi connectivity index (χ3v) is 4.87. The summed E-state index contributed by atoms with van der Waals surface area (Å²) >= 11 is 5.19. The number of ether oxygens (including phenoxy) is 2. The van der Waals surface area contributed by atoms with Crippen LogP contribution < -0.4 is 15.5 Å². The van der Waals surface area contributed by atoms with Crippen LogP contribution in [0.4, 0.5) is 10.5 Å². The molecule has 1 aliphatic rings. The molecule has 0 aliphatic carbocycles. The average Bonchev–Trinajstić information content (AvgIpc) is 3.36. The van der Waals surface area contributed by atoms with Crippen LogP contribution in [0.1, 0.15) is 0 Å². The second kappa shape index (κ2) is 9.01. The van der Waals surface area contributed by atoms with E-state index in [9.17, 15) is 4.79 Å². The third kappa shape index (κ3) is 4.31. The quantitative estimate of drug-likeness (QED) is 0.425. The van der Waals surface area contributed by atoms with Crippen LogP contribution in [-0.4, -0.2) is 70.2 Å². The summed E-state index contributed by atoms with van der Waals surface area (Å²) in [4.78, 5) is 18.1. The molecule has 0 saturated carbocycles. The lowest BCUT2D eigenvalue weighted by atomic mass is 10.2. The number of fused-ring (bicyclic) bond motifs is 1. The second-order valence-electron chi connectivity index (χ2n) is 6.61. The molecule has 1 atom stereocenters. The maximum absolute atomic E-state index is 12.3. The highest BCUT2D eigenvalue weighted by Crippen LogP contribution is 2.25. The number of nitrogens with one attached hydrogen (secondary N) is 2. The number of rotatable bonds is 7. The van der Waals surface area contributed by atoms with Crippen molar-refractivity contribution in [3.63, 3.8) is 0 Å². The first kappa shape index (κ1) is 20.0. The molecular formula is C19H21N7O3S. The first-order valence-corrected chi connectivity index (χ1v) is 9.81. The first-order valence-electron chi connectivity index (χ1n) is 9.40. The van der Waals surface area contributed by atoms with Crippen molar-refractivity contribution in [3.8, 4) is 11.4 Å². The van der Waals surface area contributed by atoms with Crippen LogP contribution in [0, 0.1) is 0 Å². The number of anilines is 1. The number of carbonyl (C=O) groups is 1. The number of hydrogen-bond donors (Lipinski definition) is 2. The fourth-order valence-corrected chi connectivity index (χ4v) is 3.29. The summed E-state index contributed by atoms with van der Waals surface area (Å²) in [5.41, 5.74) is 1.62. The molecule has 1 amide bonds. The molecule has 1 aliphatic heterocycles. The molecule has 1 aromatic carbocycles. The first-order chi connectivity index (χ1) is 14.7. The number of methoxy groups -OCH3 is 1. The van der Waals surface area contributed by atoms with Gasteiger partial charge in [-0.1, -0.05) is 0 Å². The van der Waals surface area contributed by atoms with Crippen LogP contribution in [0.15, 0.2) is 42.7 Å². The van der Waals surface area contributed by atoms with Crippen LogP contribution in [0.3, 0.4) is 0 Å². The fraction of sp³-hybridized carbons (Fsp3) is 0.316. The number of aromatic nitrogens is 4. The zero-order chi connectivity index (χ0) is 20.9. The Morgan fingerprint density at radius 3 is 2.93 bits per heavy atom. The highest BCUT2D eigenvalue weighted by Gasteiger charge is 2.32. The normalized spacial score (nSPS) is 16.0. The number of hydrogen-bond acceptors (Lipinski definition) is 7. The zero-order valence-corrected chi connectivity index (χ0v) is 17.1. The predicted octanol–water partition coefficient (Wildman–Crippen LogP) is 1.23. The van der Waals surface area contributed by atoms with Gasteiger partial charge in [-0.25, -0.2) is 9.78 Å². The highest BCUT2D eigenvalue weighted by atomic mass is 32.1. The molecule has 0 spiro atoms. The van der Waals surface area contributed by atoms with Crippen molar-refractivity contribution < 1.29 is 14.3 Å². The molecule has 11 heteroatoms. The van der Waals surface area contributed by atoms with Gasteiger partial charge in [0.2, 0.25) is 0 Å². The molecule has 10 nitrogen and oxygen atoms in total. The average molecular weight is 427 g/mol. The van der Waals surface area contributed by atoms with Crippen LogP contribution in [0.5, 0.6) is 0 Å². The van der Waals surface area contributed by atoms with Crippen molar-refractivity contribution in [1.82, 2.24) is 30.2 Å². The smallest absolute Gasteiger partial charge is 0.414 e. The maximum Gasteiger partial charge on any atom is 0.414 e. The topological polar surface area (TPSA) is 106 Å². The molecule has 2 aromatic heterocycles. The number of amides is 1. The van der Waals surface area contributed by atoms with Crippen molar-refractivity contribution >= 4 is 34.9 Å². The van der Waals surface area contributed by atoms with E-state index in [2.05, 4.69) is 25.8 Å². The monoisotopic (exact) mass is 427 g/mol. The largest absolute Gasteiger partial charge is 0.442 e. The molecule has 0 unspecified atom stereocenters. The minimum Gasteiger partial charge on any atom is -0.442 e. The number of carbonyl (C=O) groups excluding carboxylic acids is 1. The van der Waals surface area contributed by atoms with Gasteiger partial charge in [-0.3, -0.25) is 9.30 Å². The fourth-order valence-electron chi connectivity index (χ4n) is 3.10. The van der Waals surface area contributed by atoms with E-state index < -0.39 is 0 Å². The van der Waals surface area contributed by atoms with E-state index in [1.54, 1.807) is 18.2 Å². The van der Waals surface area contributed by atoms with E-state index in [4.69, 9.17) is 21.7 Å². The van der Waals surface area contributed by atoms with Gasteiger partial charge in [0.15, 0.2) is 10.9 Å². The minimum atomic E-state index is -0.384. The summed E-state index contributed by atoms with van der Waals surface area (Å²) in [6.07, 6.45) is 2.84. The van der Waals surface area contributed by atoms with E-state index in [1.165, 1.54) is 0 Å². The number of cyclic esters (lactones) is 1. The lowest BCUT2D eigenvalue weighted by Gasteiger charge is -2.14. The molecule has 4 rings (SSSR count). The van der Waals surface area contributed by atoms with Crippen molar-refractivity contribution in [3.05, 3.63) is 42.7 Å². The molecule has 1 saturated heterocycles. The lowest BCUT2D eigenvalue weighted by Crippen LogP contribution is -2.41. The van der Waals surface area contributed by atoms with E-state index in [-0.39, 0.29) is 12.2 Å². The van der Waals surface area contributed by atoms with Gasteiger partial charge < -0.3 is 20.1 Å². The van der Waals surface area contributed by atoms with Crippen molar-refractivity contribution in [2.75, 3.05) is 38.3 Å². The Kier molecular flexibility index (Phi) is 6.00. The molecule has 1 fully saturated rings. The zero-order valence-electron chi connectivity index (χ0n) is 16.3. The Hall–Kier alpha value is -3.31. The van der Waals surface area contributed by atoms with Crippen LogP contribution in [-0.2, 0) is 9.47 Å². The third-order valence-electron chi connectivity index (χ3n) is 4.58. The van der Waals surface area contributed by atoms with E-state index >= 15 is 0 Å². The predicted molar refractivity (Wildman–Crippen MR) is 114 cm³/mol. The second-order valence-corrected chi connectivity index (χ2v) is 7.01. The standard InChI is InChI=1S/C19H21N7O3S/c1-28-10-8-21-18(30)22-11-15-12-26(19(27)29-15)14-5-3-13(4-6-14)16-23-24-17-20-7-2-9-25(16)17/h2-7,9,15H,8,10-12H2,1H3,(H2,21,22,30)/t15-/m0/s1. The maximum atomic E-state index is 12.3. The lowest BCUT2D eigenvalue weighted by molar-refractivity contribution is 0.142. The van der Waals surface area contributed by atoms with Gasteiger partial charge in [0.1, 0.15) is 6.10 Å². The van der Waals surface area contributed by atoms with Gasteiger partial charge in [0.05, 0.1) is 19.7 Å². The Balaban J connectivity index is 1.37. The molecular weight excluding hydrogens is 406 g/mol. The Bertz CT molecular complexity index is 1040. The Labute approximate surface area is 178 Å². The molecule has 156 valence electrons. The van der Waals surface area contributed by atoms with Crippen LogP contribution >= 0.6 is 12.2 Å². The van der Waals surface area contributed by atoms with Crippen molar-refractivity contribution in [2.24, 2.45) is 0 Å². The van der Waals surface area contributed by atoms with Gasteiger partial charge in [-0.05, 0) is 42.5 Å². The van der Waals surface area contributed by atoms with E-state index in [1.807, 2.05) is 40.9 Å². The van der Waals surface area contributed by atoms with Crippen LogP contribution in [0.2, 0.25) is 0 Å². The summed E-state index contributed by atoms with van der Waals surface area (Å²) in [5, 5.41) is 14.8. The number of benzene rings is 1. The molecule has 2 N–H and O–H groups in total.